The zero-order chi connectivity index (χ0) is 14.4. The third kappa shape index (κ3) is 3.90. The number of hydrogen-bond donors (Lipinski definition) is 0. The third-order valence-corrected chi connectivity index (χ3v) is 3.66. The van der Waals surface area contributed by atoms with Gasteiger partial charge in [-0.25, -0.2) is 0 Å². The van der Waals surface area contributed by atoms with Crippen molar-refractivity contribution < 1.29 is 9.47 Å². The van der Waals surface area contributed by atoms with Crippen LogP contribution >= 0.6 is 27.5 Å². The number of hydrogen-bond acceptors (Lipinski definition) is 2. The van der Waals surface area contributed by atoms with Gasteiger partial charge in [-0.3, -0.25) is 0 Å². The number of rotatable bonds is 6. The van der Waals surface area contributed by atoms with Crippen LogP contribution in [0.15, 0.2) is 42.5 Å². The summed E-state index contributed by atoms with van der Waals surface area (Å²) in [5.74, 6) is 2.14. The fourth-order valence-electron chi connectivity index (χ4n) is 1.69. The SMILES string of the molecule is CCCOc1ccccc1Oc1ccc(CBr)c(Cl)c1. The normalized spacial score (nSPS) is 10.3. The molecule has 4 heteroatoms. The van der Waals surface area contributed by atoms with E-state index in [1.54, 1.807) is 0 Å². The van der Waals surface area contributed by atoms with E-state index in [0.717, 1.165) is 23.1 Å². The van der Waals surface area contributed by atoms with Gasteiger partial charge >= 0.3 is 0 Å². The lowest BCUT2D eigenvalue weighted by Crippen LogP contribution is -1.97. The van der Waals surface area contributed by atoms with Gasteiger partial charge in [0.1, 0.15) is 5.75 Å². The molecule has 0 saturated heterocycles. The Bertz CT molecular complexity index is 572. The molecule has 0 heterocycles. The van der Waals surface area contributed by atoms with Crippen molar-refractivity contribution in [2.24, 2.45) is 0 Å². The standard InChI is InChI=1S/C16H16BrClO2/c1-2-9-19-15-5-3-4-6-16(15)20-13-8-7-12(11-17)14(18)10-13/h3-8,10H,2,9,11H2,1H3. The Morgan fingerprint density at radius 3 is 2.50 bits per heavy atom. The minimum Gasteiger partial charge on any atom is -0.490 e. The first-order chi connectivity index (χ1) is 9.74. The van der Waals surface area contributed by atoms with Crippen molar-refractivity contribution in [2.75, 3.05) is 6.61 Å². The van der Waals surface area contributed by atoms with Gasteiger partial charge in [-0.2, -0.15) is 0 Å². The van der Waals surface area contributed by atoms with Crippen molar-refractivity contribution in [1.82, 2.24) is 0 Å². The molecule has 0 spiro atoms. The van der Waals surface area contributed by atoms with E-state index in [-0.39, 0.29) is 0 Å². The monoisotopic (exact) mass is 354 g/mol. The Morgan fingerprint density at radius 1 is 1.10 bits per heavy atom. The second-order valence-electron chi connectivity index (χ2n) is 4.28. The molecule has 2 rings (SSSR count). The van der Waals surface area contributed by atoms with Gasteiger partial charge in [0.15, 0.2) is 11.5 Å². The summed E-state index contributed by atoms with van der Waals surface area (Å²) in [5, 5.41) is 1.41. The molecule has 0 atom stereocenters. The molecule has 106 valence electrons. The molecule has 20 heavy (non-hydrogen) atoms. The van der Waals surface area contributed by atoms with Gasteiger partial charge in [0.25, 0.3) is 0 Å². The second-order valence-corrected chi connectivity index (χ2v) is 5.25. The largest absolute Gasteiger partial charge is 0.490 e. The van der Waals surface area contributed by atoms with E-state index in [1.165, 1.54) is 0 Å². The first-order valence-electron chi connectivity index (χ1n) is 6.48. The lowest BCUT2D eigenvalue weighted by Gasteiger charge is -2.12. The molecule has 0 aromatic heterocycles. The Kier molecular flexibility index (Phi) is 5.74. The van der Waals surface area contributed by atoms with Crippen molar-refractivity contribution in [3.63, 3.8) is 0 Å². The zero-order valence-electron chi connectivity index (χ0n) is 11.2. The first kappa shape index (κ1) is 15.2. The summed E-state index contributed by atoms with van der Waals surface area (Å²) in [4.78, 5) is 0. The van der Waals surface area contributed by atoms with Gasteiger partial charge in [0.05, 0.1) is 6.61 Å². The molecular weight excluding hydrogens is 340 g/mol. The Hall–Kier alpha value is -1.19. The van der Waals surface area contributed by atoms with Crippen LogP contribution < -0.4 is 9.47 Å². The van der Waals surface area contributed by atoms with Crippen LogP contribution in [0.3, 0.4) is 0 Å². The summed E-state index contributed by atoms with van der Waals surface area (Å²) in [5.41, 5.74) is 1.04. The highest BCUT2D eigenvalue weighted by molar-refractivity contribution is 9.08. The predicted octanol–water partition coefficient (Wildman–Crippen LogP) is 5.82. The minimum atomic E-state index is 0.670. The number of alkyl halides is 1. The molecule has 2 nitrogen and oxygen atoms in total. The summed E-state index contributed by atoms with van der Waals surface area (Å²) in [6.07, 6.45) is 0.958. The van der Waals surface area contributed by atoms with Gasteiger partial charge in [-0.05, 0) is 36.2 Å². The maximum atomic E-state index is 6.18. The van der Waals surface area contributed by atoms with E-state index >= 15 is 0 Å². The van der Waals surface area contributed by atoms with Crippen LogP contribution in [0.5, 0.6) is 17.2 Å². The molecule has 0 amide bonds. The molecule has 0 unspecified atom stereocenters. The van der Waals surface area contributed by atoms with E-state index in [1.807, 2.05) is 42.5 Å². The fraction of sp³-hybridized carbons (Fsp3) is 0.250. The minimum absolute atomic E-state index is 0.670. The maximum Gasteiger partial charge on any atom is 0.169 e. The highest BCUT2D eigenvalue weighted by Crippen LogP contribution is 2.33. The fourth-order valence-corrected chi connectivity index (χ4v) is 2.58. The van der Waals surface area contributed by atoms with Crippen LogP contribution in [0, 0.1) is 0 Å². The Labute approximate surface area is 132 Å². The molecule has 0 aliphatic heterocycles. The average Bonchev–Trinajstić information content (AvgIpc) is 2.46. The number of benzene rings is 2. The van der Waals surface area contributed by atoms with Gasteiger partial charge < -0.3 is 9.47 Å². The molecule has 0 aliphatic rings. The lowest BCUT2D eigenvalue weighted by atomic mass is 10.2. The second kappa shape index (κ2) is 7.55. The Morgan fingerprint density at radius 2 is 1.85 bits per heavy atom. The third-order valence-electron chi connectivity index (χ3n) is 2.71. The van der Waals surface area contributed by atoms with Gasteiger partial charge in [-0.1, -0.05) is 52.7 Å². The summed E-state index contributed by atoms with van der Waals surface area (Å²) in [6, 6.07) is 13.3. The number of halogens is 2. The predicted molar refractivity (Wildman–Crippen MR) is 86.4 cm³/mol. The van der Waals surface area contributed by atoms with Crippen molar-refractivity contribution >= 4 is 27.5 Å². The van der Waals surface area contributed by atoms with Crippen molar-refractivity contribution in [2.45, 2.75) is 18.7 Å². The average molecular weight is 356 g/mol. The molecule has 0 saturated carbocycles. The number of para-hydroxylation sites is 2. The van der Waals surface area contributed by atoms with Crippen LogP contribution in [0.2, 0.25) is 5.02 Å². The van der Waals surface area contributed by atoms with Crippen LogP contribution in [0.4, 0.5) is 0 Å². The summed E-state index contributed by atoms with van der Waals surface area (Å²) in [7, 11) is 0. The Balaban J connectivity index is 2.19. The van der Waals surface area contributed by atoms with E-state index in [4.69, 9.17) is 21.1 Å². The highest BCUT2D eigenvalue weighted by Gasteiger charge is 2.07. The van der Waals surface area contributed by atoms with Gasteiger partial charge in [0, 0.05) is 10.4 Å². The molecule has 2 aromatic rings. The molecule has 0 aliphatic carbocycles. The van der Waals surface area contributed by atoms with E-state index in [2.05, 4.69) is 22.9 Å². The molecule has 0 fully saturated rings. The topological polar surface area (TPSA) is 18.5 Å². The van der Waals surface area contributed by atoms with Gasteiger partial charge in [0.2, 0.25) is 0 Å². The summed E-state index contributed by atoms with van der Waals surface area (Å²) in [6.45, 7) is 2.74. The van der Waals surface area contributed by atoms with Crippen molar-refractivity contribution in [1.29, 1.82) is 0 Å². The summed E-state index contributed by atoms with van der Waals surface area (Å²) >= 11 is 9.57. The first-order valence-corrected chi connectivity index (χ1v) is 7.98. The molecule has 0 bridgehead atoms. The van der Waals surface area contributed by atoms with E-state index in [0.29, 0.717) is 23.1 Å². The number of ether oxygens (including phenoxy) is 2. The quantitative estimate of drug-likeness (QED) is 0.608. The van der Waals surface area contributed by atoms with Gasteiger partial charge in [-0.15, -0.1) is 0 Å². The smallest absolute Gasteiger partial charge is 0.169 e. The highest BCUT2D eigenvalue weighted by atomic mass is 79.9. The summed E-state index contributed by atoms with van der Waals surface area (Å²) < 4.78 is 11.5. The molecule has 0 N–H and O–H groups in total. The van der Waals surface area contributed by atoms with Crippen LogP contribution in [0.1, 0.15) is 18.9 Å². The van der Waals surface area contributed by atoms with Crippen LogP contribution in [-0.2, 0) is 5.33 Å². The zero-order valence-corrected chi connectivity index (χ0v) is 13.6. The van der Waals surface area contributed by atoms with Crippen molar-refractivity contribution in [3.8, 4) is 17.2 Å². The lowest BCUT2D eigenvalue weighted by molar-refractivity contribution is 0.302. The molecule has 0 radical (unpaired) electrons. The molecular formula is C16H16BrClO2. The van der Waals surface area contributed by atoms with E-state index < -0.39 is 0 Å². The van der Waals surface area contributed by atoms with Crippen molar-refractivity contribution in [3.05, 3.63) is 53.1 Å². The molecule has 2 aromatic carbocycles. The maximum absolute atomic E-state index is 6.18. The van der Waals surface area contributed by atoms with Crippen LogP contribution in [0.25, 0.3) is 0 Å². The van der Waals surface area contributed by atoms with Crippen LogP contribution in [-0.4, -0.2) is 6.61 Å². The van der Waals surface area contributed by atoms with E-state index in [9.17, 15) is 0 Å².